The van der Waals surface area contributed by atoms with Gasteiger partial charge in [0, 0.05) is 5.56 Å². The molecule has 0 N–H and O–H groups in total. The van der Waals surface area contributed by atoms with E-state index in [9.17, 15) is 0 Å². The van der Waals surface area contributed by atoms with Gasteiger partial charge in [-0.15, -0.1) is 0 Å². The summed E-state index contributed by atoms with van der Waals surface area (Å²) < 4.78 is 5.78. The van der Waals surface area contributed by atoms with Crippen molar-refractivity contribution < 1.29 is 4.74 Å². The van der Waals surface area contributed by atoms with E-state index >= 15 is 0 Å². The van der Waals surface area contributed by atoms with Crippen LogP contribution in [0.15, 0.2) is 54.6 Å². The highest BCUT2D eigenvalue weighted by atomic mass is 32.1. The average molecular weight is 244 g/mol. The molecule has 0 aliphatic carbocycles. The van der Waals surface area contributed by atoms with Crippen LogP contribution in [-0.2, 0) is 0 Å². The van der Waals surface area contributed by atoms with Crippen molar-refractivity contribution in [3.8, 4) is 16.9 Å². The maximum atomic E-state index is 5.78. The van der Waals surface area contributed by atoms with Crippen molar-refractivity contribution in [1.29, 1.82) is 0 Å². The fraction of sp³-hybridized carbons (Fsp3) is 0.200. The summed E-state index contributed by atoms with van der Waals surface area (Å²) in [5.41, 5.74) is 2.33. The van der Waals surface area contributed by atoms with Crippen LogP contribution in [-0.4, -0.2) is 12.4 Å². The van der Waals surface area contributed by atoms with E-state index in [0.29, 0.717) is 6.61 Å². The highest BCUT2D eigenvalue weighted by molar-refractivity contribution is 7.80. The van der Waals surface area contributed by atoms with Crippen LogP contribution < -0.4 is 4.74 Å². The Bertz CT molecular complexity index is 453. The first-order valence-corrected chi connectivity index (χ1v) is 6.43. The Morgan fingerprint density at radius 2 is 1.59 bits per heavy atom. The van der Waals surface area contributed by atoms with Gasteiger partial charge in [0.15, 0.2) is 0 Å². The summed E-state index contributed by atoms with van der Waals surface area (Å²) in [6.45, 7) is 0.716. The van der Waals surface area contributed by atoms with Gasteiger partial charge in [0.25, 0.3) is 0 Å². The Balaban J connectivity index is 2.22. The molecule has 0 atom stereocenters. The van der Waals surface area contributed by atoms with E-state index < -0.39 is 0 Å². The molecule has 88 valence electrons. The Morgan fingerprint density at radius 1 is 0.882 bits per heavy atom. The molecule has 0 aromatic heterocycles. The third-order valence-electron chi connectivity index (χ3n) is 2.53. The molecular formula is C15H16OS. The summed E-state index contributed by atoms with van der Waals surface area (Å²) in [5.74, 6) is 1.80. The molecule has 17 heavy (non-hydrogen) atoms. The van der Waals surface area contributed by atoms with Crippen LogP contribution in [0.1, 0.15) is 6.42 Å². The zero-order valence-electron chi connectivity index (χ0n) is 9.67. The smallest absolute Gasteiger partial charge is 0.127 e. The largest absolute Gasteiger partial charge is 0.493 e. The third kappa shape index (κ3) is 3.27. The molecule has 0 aliphatic heterocycles. The summed E-state index contributed by atoms with van der Waals surface area (Å²) in [6, 6.07) is 18.4. The lowest BCUT2D eigenvalue weighted by molar-refractivity contribution is 0.320. The first kappa shape index (κ1) is 12.1. The Kier molecular flexibility index (Phi) is 4.51. The number of benzene rings is 2. The average Bonchev–Trinajstić information content (AvgIpc) is 2.41. The quantitative estimate of drug-likeness (QED) is 0.616. The number of para-hydroxylation sites is 1. The lowest BCUT2D eigenvalue weighted by Crippen LogP contribution is -1.99. The normalized spacial score (nSPS) is 10.2. The van der Waals surface area contributed by atoms with E-state index in [4.69, 9.17) is 4.74 Å². The van der Waals surface area contributed by atoms with Gasteiger partial charge < -0.3 is 4.74 Å². The van der Waals surface area contributed by atoms with Gasteiger partial charge >= 0.3 is 0 Å². The van der Waals surface area contributed by atoms with E-state index in [2.05, 4.69) is 30.8 Å². The number of rotatable bonds is 5. The molecule has 2 aromatic carbocycles. The zero-order valence-corrected chi connectivity index (χ0v) is 10.6. The van der Waals surface area contributed by atoms with Gasteiger partial charge in [-0.3, -0.25) is 0 Å². The number of hydrogen-bond acceptors (Lipinski definition) is 2. The first-order chi connectivity index (χ1) is 8.42. The first-order valence-electron chi connectivity index (χ1n) is 5.80. The second-order valence-corrected chi connectivity index (χ2v) is 4.24. The van der Waals surface area contributed by atoms with Gasteiger partial charge in [0.05, 0.1) is 6.61 Å². The second-order valence-electron chi connectivity index (χ2n) is 3.79. The molecule has 0 saturated carbocycles. The molecule has 0 heterocycles. The molecular weight excluding hydrogens is 228 g/mol. The van der Waals surface area contributed by atoms with Crippen LogP contribution in [0.3, 0.4) is 0 Å². The van der Waals surface area contributed by atoms with Crippen LogP contribution in [0, 0.1) is 0 Å². The van der Waals surface area contributed by atoms with Crippen molar-refractivity contribution >= 4 is 12.6 Å². The summed E-state index contributed by atoms with van der Waals surface area (Å²) >= 11 is 4.18. The molecule has 1 nitrogen and oxygen atoms in total. The second kappa shape index (κ2) is 6.36. The van der Waals surface area contributed by atoms with Crippen LogP contribution in [0.2, 0.25) is 0 Å². The van der Waals surface area contributed by atoms with E-state index in [0.717, 1.165) is 23.5 Å². The minimum Gasteiger partial charge on any atom is -0.493 e. The van der Waals surface area contributed by atoms with Crippen molar-refractivity contribution in [2.24, 2.45) is 0 Å². The lowest BCUT2D eigenvalue weighted by atomic mass is 10.1. The Hall–Kier alpha value is -1.41. The van der Waals surface area contributed by atoms with Crippen molar-refractivity contribution in [2.75, 3.05) is 12.4 Å². The monoisotopic (exact) mass is 244 g/mol. The minimum absolute atomic E-state index is 0.716. The molecule has 0 amide bonds. The molecule has 0 saturated heterocycles. The van der Waals surface area contributed by atoms with E-state index in [1.54, 1.807) is 0 Å². The molecule has 2 rings (SSSR count). The van der Waals surface area contributed by atoms with Gasteiger partial charge in [-0.2, -0.15) is 12.6 Å². The molecule has 0 radical (unpaired) electrons. The van der Waals surface area contributed by atoms with Crippen molar-refractivity contribution in [1.82, 2.24) is 0 Å². The molecule has 0 fully saturated rings. The number of thiol groups is 1. The third-order valence-corrected chi connectivity index (χ3v) is 2.85. The molecule has 0 spiro atoms. The number of ether oxygens (including phenoxy) is 1. The molecule has 2 heteroatoms. The maximum absolute atomic E-state index is 5.78. The highest BCUT2D eigenvalue weighted by Crippen LogP contribution is 2.29. The molecule has 0 unspecified atom stereocenters. The van der Waals surface area contributed by atoms with Gasteiger partial charge in [-0.1, -0.05) is 48.5 Å². The molecule has 0 bridgehead atoms. The fourth-order valence-corrected chi connectivity index (χ4v) is 1.82. The fourth-order valence-electron chi connectivity index (χ4n) is 1.70. The van der Waals surface area contributed by atoms with Crippen LogP contribution in [0.5, 0.6) is 5.75 Å². The summed E-state index contributed by atoms with van der Waals surface area (Å²) in [7, 11) is 0. The zero-order chi connectivity index (χ0) is 11.9. The highest BCUT2D eigenvalue weighted by Gasteiger charge is 2.04. The van der Waals surface area contributed by atoms with Gasteiger partial charge in [-0.25, -0.2) is 0 Å². The lowest BCUT2D eigenvalue weighted by Gasteiger charge is -2.11. The molecule has 0 aliphatic rings. The SMILES string of the molecule is SCCCOc1ccccc1-c1ccccc1. The van der Waals surface area contributed by atoms with Crippen molar-refractivity contribution in [2.45, 2.75) is 6.42 Å². The summed E-state index contributed by atoms with van der Waals surface area (Å²) in [6.07, 6.45) is 0.965. The van der Waals surface area contributed by atoms with Crippen LogP contribution in [0.25, 0.3) is 11.1 Å². The van der Waals surface area contributed by atoms with Crippen LogP contribution >= 0.6 is 12.6 Å². The standard InChI is InChI=1S/C15H16OS/c17-12-6-11-16-15-10-5-4-9-14(15)13-7-2-1-3-8-13/h1-5,7-10,17H,6,11-12H2. The van der Waals surface area contributed by atoms with E-state index in [-0.39, 0.29) is 0 Å². The van der Waals surface area contributed by atoms with E-state index in [1.165, 1.54) is 5.56 Å². The van der Waals surface area contributed by atoms with Crippen LogP contribution in [0.4, 0.5) is 0 Å². The topological polar surface area (TPSA) is 9.23 Å². The Morgan fingerprint density at radius 3 is 2.35 bits per heavy atom. The summed E-state index contributed by atoms with van der Waals surface area (Å²) in [5, 5.41) is 0. The maximum Gasteiger partial charge on any atom is 0.127 e. The van der Waals surface area contributed by atoms with E-state index in [1.807, 2.05) is 36.4 Å². The van der Waals surface area contributed by atoms with Gasteiger partial charge in [0.1, 0.15) is 5.75 Å². The predicted octanol–water partition coefficient (Wildman–Crippen LogP) is 4.05. The van der Waals surface area contributed by atoms with Crippen molar-refractivity contribution in [3.05, 3.63) is 54.6 Å². The summed E-state index contributed by atoms with van der Waals surface area (Å²) in [4.78, 5) is 0. The Labute approximate surface area is 108 Å². The van der Waals surface area contributed by atoms with Gasteiger partial charge in [0.2, 0.25) is 0 Å². The predicted molar refractivity (Wildman–Crippen MR) is 75.8 cm³/mol. The molecule has 2 aromatic rings. The minimum atomic E-state index is 0.716. The van der Waals surface area contributed by atoms with Gasteiger partial charge in [-0.05, 0) is 23.8 Å². The number of hydrogen-bond donors (Lipinski definition) is 1. The van der Waals surface area contributed by atoms with Crippen molar-refractivity contribution in [3.63, 3.8) is 0 Å².